The quantitative estimate of drug-likeness (QED) is 0.666. The summed E-state index contributed by atoms with van der Waals surface area (Å²) in [6.07, 6.45) is -1.99. The third kappa shape index (κ3) is 5.80. The Morgan fingerprint density at radius 3 is 2.41 bits per heavy atom. The fraction of sp³-hybridized carbons (Fsp3) is 0.409. The van der Waals surface area contributed by atoms with E-state index in [9.17, 15) is 26.4 Å². The number of amides is 1. The molecule has 174 valence electrons. The molecule has 0 aliphatic carbocycles. The number of nitrogens with zero attached hydrogens (tertiary/aromatic N) is 1. The van der Waals surface area contributed by atoms with Crippen molar-refractivity contribution in [2.45, 2.75) is 44.2 Å². The van der Waals surface area contributed by atoms with E-state index >= 15 is 0 Å². The van der Waals surface area contributed by atoms with Gasteiger partial charge < -0.3 is 10.1 Å². The number of carbonyl (C=O) groups excluding carboxylic acids is 1. The van der Waals surface area contributed by atoms with Gasteiger partial charge in [0.05, 0.1) is 10.6 Å². The molecule has 0 radical (unpaired) electrons. The third-order valence-corrected chi connectivity index (χ3v) is 7.08. The number of halogens is 3. The number of benzene rings is 2. The van der Waals surface area contributed by atoms with Crippen LogP contribution in [0.2, 0.25) is 0 Å². The van der Waals surface area contributed by atoms with Crippen LogP contribution in [-0.2, 0) is 10.0 Å². The minimum atomic E-state index is -4.53. The van der Waals surface area contributed by atoms with E-state index < -0.39 is 28.7 Å². The molecule has 10 heteroatoms. The van der Waals surface area contributed by atoms with Gasteiger partial charge in [0.1, 0.15) is 5.75 Å². The van der Waals surface area contributed by atoms with Crippen molar-refractivity contribution in [2.24, 2.45) is 0 Å². The number of aryl methyl sites for hydroxylation is 2. The largest absolute Gasteiger partial charge is 0.482 e. The summed E-state index contributed by atoms with van der Waals surface area (Å²) in [6.45, 7) is 2.71. The minimum absolute atomic E-state index is 0.00704. The third-order valence-electron chi connectivity index (χ3n) is 5.18. The average molecular weight is 471 g/mol. The summed E-state index contributed by atoms with van der Waals surface area (Å²) >= 11 is 0. The van der Waals surface area contributed by atoms with Gasteiger partial charge in [0, 0.05) is 18.7 Å². The normalized spacial score (nSPS) is 15.4. The van der Waals surface area contributed by atoms with Crippen LogP contribution in [0.1, 0.15) is 40.7 Å². The number of alkyl halides is 3. The summed E-state index contributed by atoms with van der Waals surface area (Å²) in [4.78, 5) is 12.9. The van der Waals surface area contributed by atoms with Crippen LogP contribution < -0.4 is 10.1 Å². The van der Waals surface area contributed by atoms with Crippen molar-refractivity contribution in [3.63, 3.8) is 0 Å². The summed E-state index contributed by atoms with van der Waals surface area (Å²) < 4.78 is 70.0. The van der Waals surface area contributed by atoms with Gasteiger partial charge in [-0.3, -0.25) is 4.79 Å². The lowest BCUT2D eigenvalue weighted by atomic mass is 10.1. The number of carbonyl (C=O) groups is 1. The van der Waals surface area contributed by atoms with E-state index in [0.29, 0.717) is 24.2 Å². The molecule has 0 atom stereocenters. The number of hydrogen-bond acceptors (Lipinski definition) is 4. The average Bonchev–Trinajstić information content (AvgIpc) is 2.74. The Kier molecular flexibility index (Phi) is 7.14. The van der Waals surface area contributed by atoms with Gasteiger partial charge in [-0.2, -0.15) is 17.5 Å². The predicted molar refractivity (Wildman–Crippen MR) is 114 cm³/mol. The van der Waals surface area contributed by atoms with E-state index in [1.54, 1.807) is 26.0 Å². The second kappa shape index (κ2) is 9.50. The Labute approximate surface area is 185 Å². The van der Waals surface area contributed by atoms with Crippen LogP contribution in [0, 0.1) is 13.8 Å². The van der Waals surface area contributed by atoms with Crippen LogP contribution in [0.25, 0.3) is 0 Å². The highest BCUT2D eigenvalue weighted by Gasteiger charge is 2.29. The van der Waals surface area contributed by atoms with Gasteiger partial charge in [-0.1, -0.05) is 18.6 Å². The Hall–Kier alpha value is -2.59. The second-order valence-electron chi connectivity index (χ2n) is 7.80. The molecule has 6 nitrogen and oxygen atoms in total. The van der Waals surface area contributed by atoms with Gasteiger partial charge in [0.25, 0.3) is 5.91 Å². The molecule has 1 saturated heterocycles. The summed E-state index contributed by atoms with van der Waals surface area (Å²) in [5.41, 5.74) is 1.37. The molecule has 1 aliphatic heterocycles. The smallest absolute Gasteiger partial charge is 0.422 e. The number of nitrogens with one attached hydrogen (secondary N) is 1. The summed E-state index contributed by atoms with van der Waals surface area (Å²) in [5.74, 6) is -0.760. The molecule has 2 aromatic rings. The lowest BCUT2D eigenvalue weighted by Crippen LogP contribution is -2.35. The number of sulfonamides is 1. The monoisotopic (exact) mass is 470 g/mol. The van der Waals surface area contributed by atoms with E-state index in [4.69, 9.17) is 4.74 Å². The first-order chi connectivity index (χ1) is 15.0. The van der Waals surface area contributed by atoms with Gasteiger partial charge >= 0.3 is 6.18 Å². The van der Waals surface area contributed by atoms with E-state index in [0.717, 1.165) is 19.3 Å². The first-order valence-corrected chi connectivity index (χ1v) is 11.6. The lowest BCUT2D eigenvalue weighted by Gasteiger charge is -2.26. The van der Waals surface area contributed by atoms with Gasteiger partial charge in [0.15, 0.2) is 6.61 Å². The van der Waals surface area contributed by atoms with Crippen molar-refractivity contribution >= 4 is 21.6 Å². The van der Waals surface area contributed by atoms with Crippen molar-refractivity contribution < 1.29 is 31.1 Å². The van der Waals surface area contributed by atoms with Crippen molar-refractivity contribution in [2.75, 3.05) is 25.0 Å². The van der Waals surface area contributed by atoms with Crippen LogP contribution >= 0.6 is 0 Å². The highest BCUT2D eigenvalue weighted by molar-refractivity contribution is 7.89. The highest BCUT2D eigenvalue weighted by Crippen LogP contribution is 2.29. The second-order valence-corrected chi connectivity index (χ2v) is 9.74. The maximum absolute atomic E-state index is 13.0. The molecular formula is C22H25F3N2O4S. The molecule has 3 rings (SSSR count). The zero-order valence-corrected chi connectivity index (χ0v) is 18.6. The number of piperidine rings is 1. The summed E-state index contributed by atoms with van der Waals surface area (Å²) in [6, 6.07) is 8.77. The van der Waals surface area contributed by atoms with Crippen LogP contribution in [0.15, 0.2) is 41.3 Å². The number of ether oxygens (including phenoxy) is 1. The summed E-state index contributed by atoms with van der Waals surface area (Å²) in [5, 5.41) is 2.55. The van der Waals surface area contributed by atoms with Crippen molar-refractivity contribution in [1.29, 1.82) is 0 Å². The van der Waals surface area contributed by atoms with Crippen molar-refractivity contribution in [3.8, 4) is 5.75 Å². The molecule has 1 amide bonds. The molecule has 1 aliphatic rings. The molecule has 2 aromatic carbocycles. The van der Waals surface area contributed by atoms with Crippen molar-refractivity contribution in [1.82, 2.24) is 4.31 Å². The lowest BCUT2D eigenvalue weighted by molar-refractivity contribution is -0.153. The van der Waals surface area contributed by atoms with Crippen LogP contribution in [0.4, 0.5) is 18.9 Å². The molecule has 0 unspecified atom stereocenters. The first-order valence-electron chi connectivity index (χ1n) is 10.2. The van der Waals surface area contributed by atoms with E-state index in [2.05, 4.69) is 5.32 Å². The molecule has 1 heterocycles. The Balaban J connectivity index is 1.87. The fourth-order valence-electron chi connectivity index (χ4n) is 3.46. The molecule has 0 spiro atoms. The van der Waals surface area contributed by atoms with Gasteiger partial charge in [0.2, 0.25) is 10.0 Å². The number of rotatable bonds is 6. The first kappa shape index (κ1) is 24.1. The fourth-order valence-corrected chi connectivity index (χ4v) is 5.01. The standard InChI is InChI=1S/C22H25F3N2O4S/c1-15-6-9-19(20(12-15)31-14-22(23,24)25)26-21(28)18-13-17(8-7-16(18)2)32(29,30)27-10-4-3-5-11-27/h6-9,12-13H,3-5,10-11,14H2,1-2H3,(H,26,28). The molecular weight excluding hydrogens is 445 g/mol. The van der Waals surface area contributed by atoms with Gasteiger partial charge in [-0.15, -0.1) is 0 Å². The zero-order chi connectivity index (χ0) is 23.5. The van der Waals surface area contributed by atoms with E-state index in [1.807, 2.05) is 0 Å². The van der Waals surface area contributed by atoms with Crippen LogP contribution in [0.5, 0.6) is 5.75 Å². The molecule has 1 fully saturated rings. The van der Waals surface area contributed by atoms with Crippen LogP contribution in [-0.4, -0.2) is 44.5 Å². The Morgan fingerprint density at radius 1 is 1.06 bits per heavy atom. The molecule has 0 aromatic heterocycles. The maximum Gasteiger partial charge on any atom is 0.422 e. The number of anilines is 1. The highest BCUT2D eigenvalue weighted by atomic mass is 32.2. The van der Waals surface area contributed by atoms with E-state index in [-0.39, 0.29) is 21.9 Å². The van der Waals surface area contributed by atoms with Crippen molar-refractivity contribution in [3.05, 3.63) is 53.1 Å². The Bertz CT molecular complexity index is 1090. The zero-order valence-electron chi connectivity index (χ0n) is 17.8. The molecule has 0 saturated carbocycles. The van der Waals surface area contributed by atoms with Crippen LogP contribution in [0.3, 0.4) is 0 Å². The van der Waals surface area contributed by atoms with E-state index in [1.165, 1.54) is 28.6 Å². The Morgan fingerprint density at radius 2 is 1.75 bits per heavy atom. The summed E-state index contributed by atoms with van der Waals surface area (Å²) in [7, 11) is -3.74. The predicted octanol–water partition coefficient (Wildman–Crippen LogP) is 4.67. The topological polar surface area (TPSA) is 75.7 Å². The molecule has 32 heavy (non-hydrogen) atoms. The molecule has 1 N–H and O–H groups in total. The maximum atomic E-state index is 13.0. The SMILES string of the molecule is Cc1ccc(NC(=O)c2cc(S(=O)(=O)N3CCCCC3)ccc2C)c(OCC(F)(F)F)c1. The minimum Gasteiger partial charge on any atom is -0.482 e. The van der Waals surface area contributed by atoms with Gasteiger partial charge in [-0.05, 0) is 62.1 Å². The number of hydrogen-bond donors (Lipinski definition) is 1. The molecule has 0 bridgehead atoms. The van der Waals surface area contributed by atoms with Gasteiger partial charge in [-0.25, -0.2) is 8.42 Å².